The average Bonchev–Trinajstić information content (AvgIpc) is 3.04. The molecule has 4 nitrogen and oxygen atoms in total. The molecular weight excluding hydrogens is 377 g/mol. The molecule has 0 aromatic carbocycles. The van der Waals surface area contributed by atoms with Crippen LogP contribution < -0.4 is 5.32 Å². The number of rotatable bonds is 5. The van der Waals surface area contributed by atoms with Crippen molar-refractivity contribution in [3.63, 3.8) is 0 Å². The van der Waals surface area contributed by atoms with E-state index in [1.54, 1.807) is 0 Å². The number of ether oxygens (including phenoxy) is 1. The second-order valence-corrected chi connectivity index (χ2v) is 6.75. The molecule has 0 saturated carbocycles. The van der Waals surface area contributed by atoms with Crippen LogP contribution in [0.2, 0.25) is 0 Å². The molecule has 2 heterocycles. The van der Waals surface area contributed by atoms with Gasteiger partial charge in [0.2, 0.25) is 0 Å². The lowest BCUT2D eigenvalue weighted by Gasteiger charge is -2.25. The minimum absolute atomic E-state index is 0. The van der Waals surface area contributed by atoms with Crippen LogP contribution in [0.4, 0.5) is 0 Å². The van der Waals surface area contributed by atoms with E-state index in [9.17, 15) is 0 Å². The van der Waals surface area contributed by atoms with Crippen molar-refractivity contribution in [1.29, 1.82) is 0 Å². The van der Waals surface area contributed by atoms with Crippen LogP contribution >= 0.6 is 24.0 Å². The molecule has 2 fully saturated rings. The van der Waals surface area contributed by atoms with Crippen molar-refractivity contribution < 1.29 is 4.74 Å². The Balaban J connectivity index is 0.00000220. The molecule has 0 amide bonds. The molecule has 124 valence electrons. The molecular formula is C16H32IN3O. The quantitative estimate of drug-likeness (QED) is 0.328. The second kappa shape index (κ2) is 9.18. The third kappa shape index (κ3) is 5.58. The molecule has 1 unspecified atom stereocenters. The molecule has 0 radical (unpaired) electrons. The molecule has 0 aliphatic carbocycles. The van der Waals surface area contributed by atoms with Gasteiger partial charge in [-0.2, -0.15) is 0 Å². The van der Waals surface area contributed by atoms with E-state index in [0.717, 1.165) is 51.3 Å². The molecule has 0 aromatic heterocycles. The van der Waals surface area contributed by atoms with Crippen LogP contribution in [0, 0.1) is 11.3 Å². The number of nitrogens with one attached hydrogen (secondary N) is 1. The zero-order valence-corrected chi connectivity index (χ0v) is 16.2. The van der Waals surface area contributed by atoms with E-state index in [-0.39, 0.29) is 24.0 Å². The average molecular weight is 409 g/mol. The summed E-state index contributed by atoms with van der Waals surface area (Å²) in [6.07, 6.45) is 4.93. The van der Waals surface area contributed by atoms with Gasteiger partial charge in [-0.3, -0.25) is 4.99 Å². The maximum atomic E-state index is 5.61. The Bertz CT molecular complexity index is 327. The van der Waals surface area contributed by atoms with Crippen LogP contribution in [0.15, 0.2) is 4.99 Å². The van der Waals surface area contributed by atoms with Gasteiger partial charge < -0.3 is 15.0 Å². The van der Waals surface area contributed by atoms with Crippen molar-refractivity contribution in [2.75, 3.05) is 39.4 Å². The highest BCUT2D eigenvalue weighted by atomic mass is 127. The highest BCUT2D eigenvalue weighted by Crippen LogP contribution is 2.38. The van der Waals surface area contributed by atoms with E-state index in [1.807, 2.05) is 0 Å². The van der Waals surface area contributed by atoms with Crippen molar-refractivity contribution in [1.82, 2.24) is 10.2 Å². The zero-order chi connectivity index (χ0) is 14.4. The molecule has 2 rings (SSSR count). The Labute approximate surface area is 147 Å². The second-order valence-electron chi connectivity index (χ2n) is 6.75. The van der Waals surface area contributed by atoms with Crippen molar-refractivity contribution in [2.45, 2.75) is 46.5 Å². The van der Waals surface area contributed by atoms with E-state index in [2.05, 4.69) is 31.0 Å². The summed E-state index contributed by atoms with van der Waals surface area (Å²) in [4.78, 5) is 7.25. The van der Waals surface area contributed by atoms with Gasteiger partial charge in [0.25, 0.3) is 0 Å². The number of nitrogens with zero attached hydrogens (tertiary/aromatic N) is 2. The monoisotopic (exact) mass is 409 g/mol. The third-order valence-electron chi connectivity index (χ3n) is 4.46. The normalized spacial score (nSPS) is 25.7. The minimum atomic E-state index is 0. The largest absolute Gasteiger partial charge is 0.381 e. The lowest BCUT2D eigenvalue weighted by molar-refractivity contribution is 0.156. The molecule has 0 aromatic rings. The number of likely N-dealkylation sites (tertiary alicyclic amines) is 1. The summed E-state index contributed by atoms with van der Waals surface area (Å²) in [6.45, 7) is 12.7. The molecule has 2 saturated heterocycles. The van der Waals surface area contributed by atoms with Crippen LogP contribution in [-0.2, 0) is 4.74 Å². The van der Waals surface area contributed by atoms with E-state index < -0.39 is 0 Å². The van der Waals surface area contributed by atoms with Gasteiger partial charge in [0, 0.05) is 38.2 Å². The van der Waals surface area contributed by atoms with E-state index >= 15 is 0 Å². The lowest BCUT2D eigenvalue weighted by atomic mass is 9.87. The number of hydrogen-bond acceptors (Lipinski definition) is 2. The first-order valence-electron chi connectivity index (χ1n) is 8.26. The minimum Gasteiger partial charge on any atom is -0.381 e. The zero-order valence-electron chi connectivity index (χ0n) is 13.9. The summed E-state index contributed by atoms with van der Waals surface area (Å²) in [6, 6.07) is 0. The topological polar surface area (TPSA) is 36.9 Å². The van der Waals surface area contributed by atoms with Gasteiger partial charge in [0.05, 0.1) is 6.61 Å². The van der Waals surface area contributed by atoms with Gasteiger partial charge >= 0.3 is 0 Å². The van der Waals surface area contributed by atoms with Crippen LogP contribution in [-0.4, -0.2) is 50.3 Å². The van der Waals surface area contributed by atoms with Crippen molar-refractivity contribution in [3.8, 4) is 0 Å². The Hall–Kier alpha value is -0.0400. The number of aliphatic imine (C=N–C) groups is 1. The van der Waals surface area contributed by atoms with E-state index in [1.165, 1.54) is 25.7 Å². The number of hydrogen-bond donors (Lipinski definition) is 1. The molecule has 2 aliphatic rings. The van der Waals surface area contributed by atoms with Crippen molar-refractivity contribution in [2.24, 2.45) is 16.3 Å². The maximum absolute atomic E-state index is 5.61. The molecule has 1 spiro atoms. The number of guanidine groups is 1. The summed E-state index contributed by atoms with van der Waals surface area (Å²) in [5.74, 6) is 1.89. The Morgan fingerprint density at radius 2 is 2.19 bits per heavy atom. The smallest absolute Gasteiger partial charge is 0.193 e. The van der Waals surface area contributed by atoms with Crippen LogP contribution in [0.1, 0.15) is 46.5 Å². The van der Waals surface area contributed by atoms with Gasteiger partial charge in [-0.25, -0.2) is 0 Å². The van der Waals surface area contributed by atoms with Gasteiger partial charge in [-0.1, -0.05) is 13.8 Å². The predicted octanol–water partition coefficient (Wildman–Crippen LogP) is 3.12. The summed E-state index contributed by atoms with van der Waals surface area (Å²) in [7, 11) is 0. The third-order valence-corrected chi connectivity index (χ3v) is 4.46. The Morgan fingerprint density at radius 3 is 2.81 bits per heavy atom. The molecule has 21 heavy (non-hydrogen) atoms. The van der Waals surface area contributed by atoms with Crippen molar-refractivity contribution >= 4 is 29.9 Å². The van der Waals surface area contributed by atoms with Gasteiger partial charge in [-0.15, -0.1) is 24.0 Å². The van der Waals surface area contributed by atoms with Crippen LogP contribution in [0.25, 0.3) is 0 Å². The molecule has 2 aliphatic heterocycles. The maximum Gasteiger partial charge on any atom is 0.193 e. The molecule has 1 atom stereocenters. The van der Waals surface area contributed by atoms with Gasteiger partial charge in [0.15, 0.2) is 5.96 Å². The fourth-order valence-electron chi connectivity index (χ4n) is 3.20. The summed E-state index contributed by atoms with van der Waals surface area (Å²) in [5.41, 5.74) is 0.411. The SMILES string of the molecule is CCNC(=NCCCC(C)C)N1CCC2(CCOC2)C1.I. The first-order chi connectivity index (χ1) is 9.65. The van der Waals surface area contributed by atoms with Crippen molar-refractivity contribution in [3.05, 3.63) is 0 Å². The highest BCUT2D eigenvalue weighted by molar-refractivity contribution is 14.0. The van der Waals surface area contributed by atoms with Gasteiger partial charge in [-0.05, 0) is 38.5 Å². The number of halogens is 1. The fraction of sp³-hybridized carbons (Fsp3) is 0.938. The molecule has 0 bridgehead atoms. The van der Waals surface area contributed by atoms with E-state index in [4.69, 9.17) is 9.73 Å². The highest BCUT2D eigenvalue weighted by Gasteiger charge is 2.42. The Morgan fingerprint density at radius 1 is 1.38 bits per heavy atom. The first kappa shape index (κ1) is 19.0. The summed E-state index contributed by atoms with van der Waals surface area (Å²) >= 11 is 0. The molecule has 1 N–H and O–H groups in total. The fourth-order valence-corrected chi connectivity index (χ4v) is 3.20. The van der Waals surface area contributed by atoms with Crippen LogP contribution in [0.3, 0.4) is 0 Å². The molecule has 5 heteroatoms. The standard InChI is InChI=1S/C16H31N3O.HI/c1-4-17-15(18-9-5-6-14(2)3)19-10-7-16(12-19)8-11-20-13-16;/h14H,4-13H2,1-3H3,(H,17,18);1H. The van der Waals surface area contributed by atoms with E-state index in [0.29, 0.717) is 5.41 Å². The van der Waals surface area contributed by atoms with Crippen LogP contribution in [0.5, 0.6) is 0 Å². The van der Waals surface area contributed by atoms with Gasteiger partial charge in [0.1, 0.15) is 0 Å². The predicted molar refractivity (Wildman–Crippen MR) is 99.5 cm³/mol. The first-order valence-corrected chi connectivity index (χ1v) is 8.26. The summed E-state index contributed by atoms with van der Waals surface area (Å²) in [5, 5.41) is 3.45. The summed E-state index contributed by atoms with van der Waals surface area (Å²) < 4.78 is 5.61. The Kier molecular flexibility index (Phi) is 8.31. The lowest BCUT2D eigenvalue weighted by Crippen LogP contribution is -2.41.